The van der Waals surface area contributed by atoms with Crippen molar-refractivity contribution >= 4 is 40.9 Å². The maximum Gasteiger partial charge on any atom is 0.335 e. The van der Waals surface area contributed by atoms with E-state index < -0.39 is 5.97 Å². The van der Waals surface area contributed by atoms with E-state index in [2.05, 4.69) is 10.6 Å². The van der Waals surface area contributed by atoms with Crippen LogP contribution in [0.5, 0.6) is 0 Å². The smallest absolute Gasteiger partial charge is 0.335 e. The standard InChI is InChI=1S/C30H34N4O6/c1-21-7-4-5-8-26(21)32-30(39)31-24-13-9-22(10-14-24)19-27(35)34(17-6-18-40-3)20-28(36)33(2)25-15-11-23(12-16-25)29(37)38/h4-5,7-16H,6,17-20H2,1-3H3,(H,37,38)(H2,31,32,39). The predicted octanol–water partition coefficient (Wildman–Crippen LogP) is 4.41. The second-order valence-corrected chi connectivity index (χ2v) is 9.23. The number of hydrogen-bond acceptors (Lipinski definition) is 5. The molecule has 3 rings (SSSR count). The van der Waals surface area contributed by atoms with E-state index in [0.29, 0.717) is 36.6 Å². The SMILES string of the molecule is COCCCN(CC(=O)N(C)c1ccc(C(=O)O)cc1)C(=O)Cc1ccc(NC(=O)Nc2ccccc2C)cc1. The van der Waals surface area contributed by atoms with Gasteiger partial charge in [-0.25, -0.2) is 9.59 Å². The minimum Gasteiger partial charge on any atom is -0.478 e. The molecule has 0 unspecified atom stereocenters. The molecule has 0 radical (unpaired) electrons. The van der Waals surface area contributed by atoms with Crippen LogP contribution in [0.15, 0.2) is 72.8 Å². The Labute approximate surface area is 233 Å². The first kappa shape index (κ1) is 29.9. The van der Waals surface area contributed by atoms with Crippen molar-refractivity contribution in [1.29, 1.82) is 0 Å². The van der Waals surface area contributed by atoms with Gasteiger partial charge in [0.1, 0.15) is 6.54 Å². The van der Waals surface area contributed by atoms with E-state index in [0.717, 1.165) is 11.1 Å². The fourth-order valence-corrected chi connectivity index (χ4v) is 3.92. The summed E-state index contributed by atoms with van der Waals surface area (Å²) < 4.78 is 5.11. The number of carbonyl (C=O) groups excluding carboxylic acids is 3. The largest absolute Gasteiger partial charge is 0.478 e. The van der Waals surface area contributed by atoms with Gasteiger partial charge in [0.15, 0.2) is 0 Å². The molecule has 10 nitrogen and oxygen atoms in total. The maximum atomic E-state index is 13.2. The zero-order valence-corrected chi connectivity index (χ0v) is 22.8. The van der Waals surface area contributed by atoms with Gasteiger partial charge in [0.05, 0.1) is 12.0 Å². The van der Waals surface area contributed by atoms with Crippen molar-refractivity contribution in [2.45, 2.75) is 19.8 Å². The van der Waals surface area contributed by atoms with Gasteiger partial charge in [0.25, 0.3) is 0 Å². The first-order valence-electron chi connectivity index (χ1n) is 12.8. The summed E-state index contributed by atoms with van der Waals surface area (Å²) in [6, 6.07) is 20.0. The molecular formula is C30H34N4O6. The van der Waals surface area contributed by atoms with Crippen LogP contribution in [0.2, 0.25) is 0 Å². The number of amides is 4. The summed E-state index contributed by atoms with van der Waals surface area (Å²) >= 11 is 0. The van der Waals surface area contributed by atoms with Crippen molar-refractivity contribution in [3.8, 4) is 0 Å². The number of nitrogens with zero attached hydrogens (tertiary/aromatic N) is 2. The number of aromatic carboxylic acids is 1. The highest BCUT2D eigenvalue weighted by atomic mass is 16.5. The minimum absolute atomic E-state index is 0.0764. The van der Waals surface area contributed by atoms with Gasteiger partial charge in [-0.05, 0) is 66.9 Å². The molecule has 0 fully saturated rings. The Balaban J connectivity index is 1.61. The summed E-state index contributed by atoms with van der Waals surface area (Å²) in [5.74, 6) is -1.59. The summed E-state index contributed by atoms with van der Waals surface area (Å²) in [6.07, 6.45) is 0.637. The Morgan fingerprint density at radius 2 is 1.55 bits per heavy atom. The van der Waals surface area contributed by atoms with Crippen LogP contribution in [0.25, 0.3) is 0 Å². The highest BCUT2D eigenvalue weighted by Crippen LogP contribution is 2.17. The Morgan fingerprint density at radius 3 is 2.17 bits per heavy atom. The van der Waals surface area contributed by atoms with Gasteiger partial charge < -0.3 is 30.3 Å². The van der Waals surface area contributed by atoms with Crippen LogP contribution in [-0.4, -0.2) is 67.7 Å². The third kappa shape index (κ3) is 8.67. The molecule has 0 aliphatic rings. The number of para-hydroxylation sites is 1. The van der Waals surface area contributed by atoms with Crippen molar-refractivity contribution in [1.82, 2.24) is 4.90 Å². The molecule has 0 aromatic heterocycles. The number of nitrogens with one attached hydrogen (secondary N) is 2. The predicted molar refractivity (Wildman–Crippen MR) is 154 cm³/mol. The normalized spacial score (nSPS) is 10.5. The zero-order valence-electron chi connectivity index (χ0n) is 22.8. The number of carboxylic acid groups (broad SMARTS) is 1. The van der Waals surface area contributed by atoms with E-state index in [1.54, 1.807) is 50.6 Å². The van der Waals surface area contributed by atoms with Gasteiger partial charge in [-0.1, -0.05) is 30.3 Å². The number of anilines is 3. The summed E-state index contributed by atoms with van der Waals surface area (Å²) in [4.78, 5) is 52.5. The topological polar surface area (TPSA) is 128 Å². The Morgan fingerprint density at radius 1 is 0.875 bits per heavy atom. The number of ether oxygens (including phenoxy) is 1. The second-order valence-electron chi connectivity index (χ2n) is 9.23. The lowest BCUT2D eigenvalue weighted by molar-refractivity contribution is -0.134. The summed E-state index contributed by atoms with van der Waals surface area (Å²) in [5.41, 5.74) is 3.61. The molecule has 0 spiro atoms. The molecule has 0 heterocycles. The zero-order chi connectivity index (χ0) is 29.1. The van der Waals surface area contributed by atoms with Crippen molar-refractivity contribution in [3.05, 3.63) is 89.5 Å². The van der Waals surface area contributed by atoms with Crippen LogP contribution in [0, 0.1) is 6.92 Å². The van der Waals surface area contributed by atoms with Crippen LogP contribution in [0.1, 0.15) is 27.9 Å². The van der Waals surface area contributed by atoms with Crippen molar-refractivity contribution in [2.75, 3.05) is 49.4 Å². The molecule has 0 saturated heterocycles. The monoisotopic (exact) mass is 546 g/mol. The molecular weight excluding hydrogens is 512 g/mol. The number of benzene rings is 3. The highest BCUT2D eigenvalue weighted by Gasteiger charge is 2.21. The molecule has 10 heteroatoms. The lowest BCUT2D eigenvalue weighted by Gasteiger charge is -2.25. The van der Waals surface area contributed by atoms with E-state index in [4.69, 9.17) is 9.84 Å². The number of methoxy groups -OCH3 is 1. The first-order valence-corrected chi connectivity index (χ1v) is 12.8. The highest BCUT2D eigenvalue weighted by molar-refractivity contribution is 6.00. The van der Waals surface area contributed by atoms with Crippen LogP contribution in [0.4, 0.5) is 21.9 Å². The van der Waals surface area contributed by atoms with Gasteiger partial charge in [-0.2, -0.15) is 0 Å². The fraction of sp³-hybridized carbons (Fsp3) is 0.267. The molecule has 0 aliphatic heterocycles. The van der Waals surface area contributed by atoms with E-state index in [9.17, 15) is 19.2 Å². The number of aryl methyl sites for hydroxylation is 1. The third-order valence-corrected chi connectivity index (χ3v) is 6.29. The Bertz CT molecular complexity index is 1320. The van der Waals surface area contributed by atoms with Crippen LogP contribution in [-0.2, 0) is 20.7 Å². The number of likely N-dealkylation sites (N-methyl/N-ethyl adjacent to an activating group) is 1. The lowest BCUT2D eigenvalue weighted by Crippen LogP contribution is -2.43. The number of urea groups is 1. The van der Waals surface area contributed by atoms with Crippen LogP contribution in [0.3, 0.4) is 0 Å². The average molecular weight is 547 g/mol. The van der Waals surface area contributed by atoms with Crippen molar-refractivity contribution < 1.29 is 29.0 Å². The van der Waals surface area contributed by atoms with Crippen molar-refractivity contribution in [3.63, 3.8) is 0 Å². The van der Waals surface area contributed by atoms with Gasteiger partial charge in [-0.15, -0.1) is 0 Å². The molecule has 0 bridgehead atoms. The quantitative estimate of drug-likeness (QED) is 0.289. The minimum atomic E-state index is -1.05. The number of carboxylic acids is 1. The Kier molecular flexibility index (Phi) is 10.8. The van der Waals surface area contributed by atoms with Crippen LogP contribution < -0.4 is 15.5 Å². The third-order valence-electron chi connectivity index (χ3n) is 6.29. The summed E-state index contributed by atoms with van der Waals surface area (Å²) in [7, 11) is 3.15. The number of hydrogen-bond donors (Lipinski definition) is 3. The number of rotatable bonds is 12. The molecule has 3 aromatic carbocycles. The summed E-state index contributed by atoms with van der Waals surface area (Å²) in [6.45, 7) is 2.54. The van der Waals surface area contributed by atoms with Gasteiger partial charge in [0, 0.05) is 44.4 Å². The second kappa shape index (κ2) is 14.5. The van der Waals surface area contributed by atoms with E-state index >= 15 is 0 Å². The molecule has 210 valence electrons. The number of carbonyl (C=O) groups is 4. The van der Waals surface area contributed by atoms with Gasteiger partial charge in [0.2, 0.25) is 11.8 Å². The molecule has 3 N–H and O–H groups in total. The van der Waals surface area contributed by atoms with Gasteiger partial charge >= 0.3 is 12.0 Å². The van der Waals surface area contributed by atoms with E-state index in [-0.39, 0.29) is 36.4 Å². The molecule has 4 amide bonds. The van der Waals surface area contributed by atoms with Crippen molar-refractivity contribution in [2.24, 2.45) is 0 Å². The lowest BCUT2D eigenvalue weighted by atomic mass is 10.1. The molecule has 3 aromatic rings. The molecule has 0 atom stereocenters. The fourth-order valence-electron chi connectivity index (χ4n) is 3.92. The van der Waals surface area contributed by atoms with E-state index in [1.807, 2.05) is 31.2 Å². The maximum absolute atomic E-state index is 13.2. The van der Waals surface area contributed by atoms with E-state index in [1.165, 1.54) is 21.9 Å². The van der Waals surface area contributed by atoms with Gasteiger partial charge in [-0.3, -0.25) is 9.59 Å². The average Bonchev–Trinajstić information content (AvgIpc) is 2.94. The molecule has 0 aliphatic carbocycles. The Hall–Kier alpha value is -4.70. The molecule has 0 saturated carbocycles. The van der Waals surface area contributed by atoms with Crippen LogP contribution >= 0.6 is 0 Å². The first-order chi connectivity index (χ1) is 19.2. The summed E-state index contributed by atoms with van der Waals surface area (Å²) in [5, 5.41) is 14.7. The molecule has 40 heavy (non-hydrogen) atoms.